The van der Waals surface area contributed by atoms with Crippen molar-refractivity contribution in [2.75, 3.05) is 0 Å². The van der Waals surface area contributed by atoms with Gasteiger partial charge < -0.3 is 5.11 Å². The van der Waals surface area contributed by atoms with Gasteiger partial charge in [-0.3, -0.25) is 0 Å². The number of hydrogen-bond acceptors (Lipinski definition) is 4. The van der Waals surface area contributed by atoms with Gasteiger partial charge in [0.25, 0.3) is 0 Å². The first-order valence-electron chi connectivity index (χ1n) is 6.57. The molecule has 0 aliphatic carbocycles. The fourth-order valence-corrected chi connectivity index (χ4v) is 2.58. The minimum absolute atomic E-state index is 0.367. The van der Waals surface area contributed by atoms with Crippen LogP contribution in [0.1, 0.15) is 11.3 Å². The van der Waals surface area contributed by atoms with Crippen LogP contribution in [0.5, 0.6) is 0 Å². The summed E-state index contributed by atoms with van der Waals surface area (Å²) in [5.74, 6) is -1.06. The Balaban J connectivity index is 2.05. The van der Waals surface area contributed by atoms with Gasteiger partial charge in [0.1, 0.15) is 11.2 Å². The van der Waals surface area contributed by atoms with Gasteiger partial charge >= 0.3 is 5.97 Å². The number of rotatable bonds is 4. The number of aliphatic carboxylic acids is 1. The van der Waals surface area contributed by atoms with E-state index >= 15 is 0 Å². The first-order chi connectivity index (χ1) is 11.0. The fraction of sp³-hybridized carbons (Fsp3) is 0.0667. The lowest BCUT2D eigenvalue weighted by molar-refractivity contribution is -0.131. The van der Waals surface area contributed by atoms with Crippen molar-refractivity contribution in [3.63, 3.8) is 0 Å². The maximum atomic E-state index is 10.7. The minimum atomic E-state index is -1.06. The maximum absolute atomic E-state index is 10.7. The summed E-state index contributed by atoms with van der Waals surface area (Å²) in [5.41, 5.74) is 2.32. The highest BCUT2D eigenvalue weighted by atomic mass is 35.5. The molecule has 0 fully saturated rings. The first-order valence-corrected chi connectivity index (χ1v) is 7.32. The lowest BCUT2D eigenvalue weighted by Gasteiger charge is -2.05. The Morgan fingerprint density at radius 2 is 2.04 bits per heavy atom. The van der Waals surface area contributed by atoms with Gasteiger partial charge in [0, 0.05) is 28.5 Å². The molecule has 0 radical (unpaired) electrons. The third-order valence-electron chi connectivity index (χ3n) is 3.11. The molecule has 0 aliphatic rings. The van der Waals surface area contributed by atoms with Gasteiger partial charge in [-0.05, 0) is 23.8 Å². The third-order valence-corrected chi connectivity index (χ3v) is 3.70. The molecule has 2 heterocycles. The summed E-state index contributed by atoms with van der Waals surface area (Å²) < 4.78 is 1.62. The molecular weight excluding hydrogens is 339 g/mol. The van der Waals surface area contributed by atoms with Crippen LogP contribution in [0.4, 0.5) is 0 Å². The molecule has 0 aliphatic heterocycles. The third kappa shape index (κ3) is 3.33. The Morgan fingerprint density at radius 3 is 2.78 bits per heavy atom. The zero-order chi connectivity index (χ0) is 16.4. The Kier molecular flexibility index (Phi) is 4.27. The van der Waals surface area contributed by atoms with Crippen molar-refractivity contribution in [3.8, 4) is 0 Å². The van der Waals surface area contributed by atoms with E-state index in [1.807, 2.05) is 0 Å². The minimum Gasteiger partial charge on any atom is -0.478 e. The molecule has 2 aromatic heterocycles. The van der Waals surface area contributed by atoms with E-state index in [4.69, 9.17) is 28.3 Å². The topological polar surface area (TPSA) is 80.9 Å². The zero-order valence-electron chi connectivity index (χ0n) is 11.6. The summed E-state index contributed by atoms with van der Waals surface area (Å²) in [7, 11) is 0. The Labute approximate surface area is 141 Å². The summed E-state index contributed by atoms with van der Waals surface area (Å²) in [6.07, 6.45) is 5.48. The Morgan fingerprint density at radius 1 is 1.26 bits per heavy atom. The summed E-state index contributed by atoms with van der Waals surface area (Å²) in [4.78, 5) is 19.2. The van der Waals surface area contributed by atoms with Gasteiger partial charge in [0.05, 0.1) is 6.54 Å². The van der Waals surface area contributed by atoms with E-state index in [0.29, 0.717) is 33.4 Å². The lowest BCUT2D eigenvalue weighted by atomic mass is 10.2. The second-order valence-corrected chi connectivity index (χ2v) is 5.52. The van der Waals surface area contributed by atoms with Crippen LogP contribution >= 0.6 is 23.2 Å². The standard InChI is InChI=1S/C15H10Cl2N4O2/c16-10-2-1-9(11(17)7-10)8-21-15-14(18-5-6-19-15)12(20-21)3-4-13(22)23/h1-7H,8H2,(H,22,23). The second-order valence-electron chi connectivity index (χ2n) is 4.68. The molecule has 1 N–H and O–H groups in total. The SMILES string of the molecule is O=C(O)C=Cc1nn(Cc2ccc(Cl)cc2Cl)c2nccnc12. The van der Waals surface area contributed by atoms with Gasteiger partial charge in [-0.1, -0.05) is 29.3 Å². The summed E-state index contributed by atoms with van der Waals surface area (Å²) in [6.45, 7) is 0.367. The average Bonchev–Trinajstić information content (AvgIpc) is 2.86. The van der Waals surface area contributed by atoms with E-state index in [0.717, 1.165) is 11.6 Å². The number of fused-ring (bicyclic) bond motifs is 1. The van der Waals surface area contributed by atoms with Crippen molar-refractivity contribution in [2.45, 2.75) is 6.54 Å². The Hall–Kier alpha value is -2.44. The van der Waals surface area contributed by atoms with Crippen molar-refractivity contribution >= 4 is 46.4 Å². The van der Waals surface area contributed by atoms with E-state index in [2.05, 4.69) is 15.1 Å². The molecule has 0 saturated carbocycles. The zero-order valence-corrected chi connectivity index (χ0v) is 13.2. The monoisotopic (exact) mass is 348 g/mol. The number of hydrogen-bond donors (Lipinski definition) is 1. The normalized spacial score (nSPS) is 11.4. The van der Waals surface area contributed by atoms with Crippen LogP contribution in [0.3, 0.4) is 0 Å². The summed E-state index contributed by atoms with van der Waals surface area (Å²) >= 11 is 12.1. The summed E-state index contributed by atoms with van der Waals surface area (Å²) in [5, 5.41) is 14.2. The average molecular weight is 349 g/mol. The molecule has 6 nitrogen and oxygen atoms in total. The number of aromatic nitrogens is 4. The van der Waals surface area contributed by atoms with Gasteiger partial charge in [-0.25, -0.2) is 19.4 Å². The molecule has 23 heavy (non-hydrogen) atoms. The smallest absolute Gasteiger partial charge is 0.328 e. The highest BCUT2D eigenvalue weighted by Gasteiger charge is 2.12. The molecule has 116 valence electrons. The number of nitrogens with zero attached hydrogens (tertiary/aromatic N) is 4. The number of halogens is 2. The molecule has 3 rings (SSSR count). The molecule has 0 amide bonds. The molecule has 0 spiro atoms. The number of carbonyl (C=O) groups is 1. The molecule has 1 aromatic carbocycles. The number of benzene rings is 1. The van der Waals surface area contributed by atoms with Gasteiger partial charge in [-0.15, -0.1) is 0 Å². The molecule has 3 aromatic rings. The van der Waals surface area contributed by atoms with E-state index < -0.39 is 5.97 Å². The van der Waals surface area contributed by atoms with E-state index in [1.165, 1.54) is 12.3 Å². The van der Waals surface area contributed by atoms with Crippen LogP contribution < -0.4 is 0 Å². The van der Waals surface area contributed by atoms with Crippen molar-refractivity contribution in [1.29, 1.82) is 0 Å². The van der Waals surface area contributed by atoms with Crippen LogP contribution in [0.2, 0.25) is 10.0 Å². The van der Waals surface area contributed by atoms with Gasteiger partial charge in [-0.2, -0.15) is 5.10 Å². The van der Waals surface area contributed by atoms with Crippen LogP contribution in [-0.4, -0.2) is 30.8 Å². The molecule has 8 heteroatoms. The van der Waals surface area contributed by atoms with E-state index in [-0.39, 0.29) is 0 Å². The quantitative estimate of drug-likeness (QED) is 0.731. The Bertz CT molecular complexity index is 921. The number of carboxylic acid groups (broad SMARTS) is 1. The fourth-order valence-electron chi connectivity index (χ4n) is 2.11. The maximum Gasteiger partial charge on any atom is 0.328 e. The highest BCUT2D eigenvalue weighted by Crippen LogP contribution is 2.23. The van der Waals surface area contributed by atoms with Crippen molar-refractivity contribution in [1.82, 2.24) is 19.7 Å². The largest absolute Gasteiger partial charge is 0.478 e. The molecule has 0 bridgehead atoms. The van der Waals surface area contributed by atoms with Gasteiger partial charge in [0.2, 0.25) is 0 Å². The first kappa shape index (κ1) is 15.5. The van der Waals surface area contributed by atoms with Crippen molar-refractivity contribution in [2.24, 2.45) is 0 Å². The molecule has 0 atom stereocenters. The van der Waals surface area contributed by atoms with Crippen LogP contribution in [-0.2, 0) is 11.3 Å². The van der Waals surface area contributed by atoms with E-state index in [1.54, 1.807) is 29.1 Å². The highest BCUT2D eigenvalue weighted by molar-refractivity contribution is 6.35. The van der Waals surface area contributed by atoms with Gasteiger partial charge in [0.15, 0.2) is 5.65 Å². The molecular formula is C15H10Cl2N4O2. The molecule has 0 saturated heterocycles. The van der Waals surface area contributed by atoms with E-state index in [9.17, 15) is 4.79 Å². The van der Waals surface area contributed by atoms with Crippen LogP contribution in [0.25, 0.3) is 17.2 Å². The number of carboxylic acids is 1. The predicted octanol–water partition coefficient (Wildman–Crippen LogP) is 3.28. The predicted molar refractivity (Wildman–Crippen MR) is 87.6 cm³/mol. The van der Waals surface area contributed by atoms with Crippen molar-refractivity contribution < 1.29 is 9.90 Å². The second kappa shape index (κ2) is 6.36. The lowest BCUT2D eigenvalue weighted by Crippen LogP contribution is -2.03. The molecule has 0 unspecified atom stereocenters. The van der Waals surface area contributed by atoms with Crippen LogP contribution in [0, 0.1) is 0 Å². The van der Waals surface area contributed by atoms with Crippen LogP contribution in [0.15, 0.2) is 36.7 Å². The summed E-state index contributed by atoms with van der Waals surface area (Å²) in [6, 6.07) is 5.20. The van der Waals surface area contributed by atoms with Crippen molar-refractivity contribution in [3.05, 3.63) is 58.0 Å².